The first kappa shape index (κ1) is 13.6. The van der Waals surface area contributed by atoms with Gasteiger partial charge in [0.25, 0.3) is 5.88 Å². The zero-order valence-corrected chi connectivity index (χ0v) is 11.6. The Balaban J connectivity index is 1.85. The first-order valence-electron chi connectivity index (χ1n) is 5.98. The molecule has 1 aromatic heterocycles. The SMILES string of the molecule is Cc1nc(Cl)c(OCCOc2ccccc2)nc1C. The van der Waals surface area contributed by atoms with Crippen LogP contribution < -0.4 is 9.47 Å². The summed E-state index contributed by atoms with van der Waals surface area (Å²) in [5.41, 5.74) is 1.61. The van der Waals surface area contributed by atoms with Gasteiger partial charge in [0.1, 0.15) is 19.0 Å². The quantitative estimate of drug-likeness (QED) is 0.788. The highest BCUT2D eigenvalue weighted by Gasteiger charge is 2.08. The summed E-state index contributed by atoms with van der Waals surface area (Å²) < 4.78 is 11.0. The molecule has 0 radical (unpaired) electrons. The molecule has 0 spiro atoms. The van der Waals surface area contributed by atoms with Gasteiger partial charge in [-0.3, -0.25) is 0 Å². The third-order valence-electron chi connectivity index (χ3n) is 2.57. The third kappa shape index (κ3) is 3.83. The average molecular weight is 279 g/mol. The van der Waals surface area contributed by atoms with Crippen LogP contribution in [0, 0.1) is 13.8 Å². The molecule has 0 aliphatic carbocycles. The number of hydrogen-bond donors (Lipinski definition) is 0. The number of halogens is 1. The molecule has 1 heterocycles. The monoisotopic (exact) mass is 278 g/mol. The van der Waals surface area contributed by atoms with Crippen LogP contribution >= 0.6 is 11.6 Å². The van der Waals surface area contributed by atoms with E-state index in [-0.39, 0.29) is 5.15 Å². The maximum absolute atomic E-state index is 5.96. The number of nitrogens with zero attached hydrogens (tertiary/aromatic N) is 2. The lowest BCUT2D eigenvalue weighted by atomic mass is 10.3. The minimum Gasteiger partial charge on any atom is -0.490 e. The molecule has 0 aliphatic heterocycles. The van der Waals surface area contributed by atoms with E-state index in [1.165, 1.54) is 0 Å². The lowest BCUT2D eigenvalue weighted by Crippen LogP contribution is -2.11. The van der Waals surface area contributed by atoms with E-state index in [9.17, 15) is 0 Å². The molecule has 4 nitrogen and oxygen atoms in total. The Hall–Kier alpha value is -1.81. The van der Waals surface area contributed by atoms with E-state index >= 15 is 0 Å². The summed E-state index contributed by atoms with van der Waals surface area (Å²) in [5.74, 6) is 1.16. The van der Waals surface area contributed by atoms with Gasteiger partial charge in [-0.1, -0.05) is 29.8 Å². The van der Waals surface area contributed by atoms with Crippen molar-refractivity contribution in [2.75, 3.05) is 13.2 Å². The standard InChI is InChI=1S/C14H15ClN2O2/c1-10-11(2)17-14(13(15)16-10)19-9-8-18-12-6-4-3-5-7-12/h3-7H,8-9H2,1-2H3. The zero-order valence-electron chi connectivity index (χ0n) is 10.9. The summed E-state index contributed by atoms with van der Waals surface area (Å²) in [7, 11) is 0. The van der Waals surface area contributed by atoms with Gasteiger partial charge < -0.3 is 9.47 Å². The van der Waals surface area contributed by atoms with Crippen LogP contribution in [0.5, 0.6) is 11.6 Å². The van der Waals surface area contributed by atoms with E-state index in [2.05, 4.69) is 9.97 Å². The van der Waals surface area contributed by atoms with Crippen molar-refractivity contribution in [2.24, 2.45) is 0 Å². The number of ether oxygens (including phenoxy) is 2. The molecule has 19 heavy (non-hydrogen) atoms. The van der Waals surface area contributed by atoms with Gasteiger partial charge in [0.05, 0.1) is 11.4 Å². The first-order valence-corrected chi connectivity index (χ1v) is 6.36. The highest BCUT2D eigenvalue weighted by atomic mass is 35.5. The topological polar surface area (TPSA) is 44.2 Å². The van der Waals surface area contributed by atoms with Crippen molar-refractivity contribution in [3.05, 3.63) is 46.9 Å². The minimum atomic E-state index is 0.280. The highest BCUT2D eigenvalue weighted by Crippen LogP contribution is 2.20. The van der Waals surface area contributed by atoms with Crippen molar-refractivity contribution in [2.45, 2.75) is 13.8 Å². The summed E-state index contributed by atoms with van der Waals surface area (Å²) in [5, 5.41) is 0.280. The Morgan fingerprint density at radius 3 is 2.32 bits per heavy atom. The second-order valence-electron chi connectivity index (χ2n) is 4.00. The summed E-state index contributed by atoms with van der Waals surface area (Å²) >= 11 is 5.96. The van der Waals surface area contributed by atoms with Gasteiger partial charge in [-0.15, -0.1) is 0 Å². The molecule has 2 aromatic rings. The van der Waals surface area contributed by atoms with E-state index in [1.807, 2.05) is 44.2 Å². The number of aryl methyl sites for hydroxylation is 2. The van der Waals surface area contributed by atoms with Crippen LogP contribution in [0.2, 0.25) is 5.15 Å². The molecule has 0 unspecified atom stereocenters. The second-order valence-corrected chi connectivity index (χ2v) is 4.36. The molecule has 0 saturated heterocycles. The molecular weight excluding hydrogens is 264 g/mol. The lowest BCUT2D eigenvalue weighted by Gasteiger charge is -2.09. The smallest absolute Gasteiger partial charge is 0.252 e. The largest absolute Gasteiger partial charge is 0.490 e. The number of hydrogen-bond acceptors (Lipinski definition) is 4. The molecule has 0 amide bonds. The van der Waals surface area contributed by atoms with Gasteiger partial charge in [0, 0.05) is 0 Å². The third-order valence-corrected chi connectivity index (χ3v) is 2.82. The molecule has 100 valence electrons. The van der Waals surface area contributed by atoms with E-state index in [4.69, 9.17) is 21.1 Å². The van der Waals surface area contributed by atoms with Gasteiger partial charge in [-0.05, 0) is 26.0 Å². The Bertz CT molecular complexity index is 547. The van der Waals surface area contributed by atoms with Crippen molar-refractivity contribution in [3.63, 3.8) is 0 Å². The van der Waals surface area contributed by atoms with E-state index in [0.29, 0.717) is 19.1 Å². The minimum absolute atomic E-state index is 0.280. The fourth-order valence-electron chi connectivity index (χ4n) is 1.46. The van der Waals surface area contributed by atoms with Gasteiger partial charge in [0.15, 0.2) is 5.15 Å². The van der Waals surface area contributed by atoms with Crippen molar-refractivity contribution in [3.8, 4) is 11.6 Å². The van der Waals surface area contributed by atoms with Crippen molar-refractivity contribution >= 4 is 11.6 Å². The van der Waals surface area contributed by atoms with Gasteiger partial charge in [0.2, 0.25) is 0 Å². The maximum atomic E-state index is 5.96. The maximum Gasteiger partial charge on any atom is 0.252 e. The fraction of sp³-hybridized carbons (Fsp3) is 0.286. The second kappa shape index (κ2) is 6.38. The first-order chi connectivity index (χ1) is 9.16. The van der Waals surface area contributed by atoms with Crippen LogP contribution in [0.25, 0.3) is 0 Å². The zero-order chi connectivity index (χ0) is 13.7. The van der Waals surface area contributed by atoms with Gasteiger partial charge in [-0.25, -0.2) is 9.97 Å². The number of aromatic nitrogens is 2. The van der Waals surface area contributed by atoms with Gasteiger partial charge in [-0.2, -0.15) is 0 Å². The number of rotatable bonds is 5. The van der Waals surface area contributed by atoms with Crippen molar-refractivity contribution < 1.29 is 9.47 Å². The van der Waals surface area contributed by atoms with E-state index in [1.54, 1.807) is 0 Å². The number of para-hydroxylation sites is 1. The molecule has 0 fully saturated rings. The average Bonchev–Trinajstić information content (AvgIpc) is 2.41. The van der Waals surface area contributed by atoms with E-state index in [0.717, 1.165) is 17.1 Å². The van der Waals surface area contributed by atoms with Gasteiger partial charge >= 0.3 is 0 Å². The molecule has 0 aliphatic rings. The van der Waals surface area contributed by atoms with Crippen molar-refractivity contribution in [1.82, 2.24) is 9.97 Å². The normalized spacial score (nSPS) is 10.3. The van der Waals surface area contributed by atoms with Crippen molar-refractivity contribution in [1.29, 1.82) is 0 Å². The molecular formula is C14H15ClN2O2. The Kier molecular flexibility index (Phi) is 4.58. The van der Waals surface area contributed by atoms with Crippen LogP contribution in [-0.2, 0) is 0 Å². The summed E-state index contributed by atoms with van der Waals surface area (Å²) in [6.45, 7) is 4.52. The molecule has 1 aromatic carbocycles. The Morgan fingerprint density at radius 1 is 0.947 bits per heavy atom. The Morgan fingerprint density at radius 2 is 1.58 bits per heavy atom. The predicted octanol–water partition coefficient (Wildman–Crippen LogP) is 3.20. The Labute approximate surface area is 117 Å². The summed E-state index contributed by atoms with van der Waals surface area (Å²) in [4.78, 5) is 8.39. The van der Waals surface area contributed by atoms with Crippen LogP contribution in [0.1, 0.15) is 11.4 Å². The fourth-order valence-corrected chi connectivity index (χ4v) is 1.69. The lowest BCUT2D eigenvalue weighted by molar-refractivity contribution is 0.211. The molecule has 0 saturated carbocycles. The van der Waals surface area contributed by atoms with E-state index < -0.39 is 0 Å². The molecule has 0 atom stereocenters. The molecule has 0 N–H and O–H groups in total. The predicted molar refractivity (Wildman–Crippen MR) is 73.9 cm³/mol. The highest BCUT2D eigenvalue weighted by molar-refractivity contribution is 6.30. The van der Waals surface area contributed by atoms with Crippen LogP contribution in [0.3, 0.4) is 0 Å². The molecule has 2 rings (SSSR count). The van der Waals surface area contributed by atoms with Crippen LogP contribution in [0.15, 0.2) is 30.3 Å². The molecule has 0 bridgehead atoms. The van der Waals surface area contributed by atoms with Crippen LogP contribution in [-0.4, -0.2) is 23.2 Å². The molecule has 5 heteroatoms. The number of benzene rings is 1. The van der Waals surface area contributed by atoms with Crippen LogP contribution in [0.4, 0.5) is 0 Å². The summed E-state index contributed by atoms with van der Waals surface area (Å²) in [6, 6.07) is 9.56. The summed E-state index contributed by atoms with van der Waals surface area (Å²) in [6.07, 6.45) is 0.